The molecule has 0 saturated carbocycles. The summed E-state index contributed by atoms with van der Waals surface area (Å²) in [7, 11) is -3.45. The molecule has 0 aromatic heterocycles. The average Bonchev–Trinajstić information content (AvgIpc) is 2.86. The second-order valence-electron chi connectivity index (χ2n) is 4.22. The van der Waals surface area contributed by atoms with Crippen molar-refractivity contribution in [2.45, 2.75) is 31.3 Å². The van der Waals surface area contributed by atoms with Crippen molar-refractivity contribution in [2.75, 3.05) is 12.8 Å². The van der Waals surface area contributed by atoms with Gasteiger partial charge in [-0.3, -0.25) is 16.4 Å². The van der Waals surface area contributed by atoms with Crippen molar-refractivity contribution in [1.82, 2.24) is 9.62 Å². The molecule has 1 aliphatic heterocycles. The molecule has 0 spiro atoms. The minimum Gasteiger partial charge on any atom is -0.545 e. The van der Waals surface area contributed by atoms with E-state index in [2.05, 4.69) is 19.0 Å². The Hall–Kier alpha value is 0.312. The number of sulfonamides is 1. The van der Waals surface area contributed by atoms with Crippen LogP contribution in [0.3, 0.4) is 0 Å². The smallest absolute Gasteiger partial charge is 0.323 e. The molecule has 1 amide bonds. The number of nitrogens with one attached hydrogen (secondary N) is 1. The Bertz CT molecular complexity index is 461. The molecule has 1 aliphatic rings. The van der Waals surface area contributed by atoms with E-state index in [0.717, 1.165) is 10.6 Å². The number of carbonyl (C=O) groups is 2. The van der Waals surface area contributed by atoms with Crippen molar-refractivity contribution < 1.29 is 81.7 Å². The fraction of sp³-hybridized carbons (Fsp3) is 0.636. The topological polar surface area (TPSA) is 121 Å². The van der Waals surface area contributed by atoms with Gasteiger partial charge in [0.2, 0.25) is 15.9 Å². The number of aliphatic carboxylic acids is 1. The van der Waals surface area contributed by atoms with E-state index in [-0.39, 0.29) is 60.2 Å². The standard InChI is InChI=1S/C10H17N2O5S.CHO.W.Y/c1-3-7(10(14)15)11-9(13)8-5-4-6-12(8)18(2,16)17;1-2;;/h7-8H,1,3-6H2,2H3,(H,11,13)(H,14,15);1H;;/q2*-1;;/t7-,8?;;;/m0.../s1. The molecule has 0 aliphatic carbocycles. The molecule has 0 aromatic rings. The third-order valence-corrected chi connectivity index (χ3v) is 4.12. The number of hydrogen-bond acceptors (Lipinski definition) is 5. The summed E-state index contributed by atoms with van der Waals surface area (Å²) in [5.41, 5.74) is 0. The van der Waals surface area contributed by atoms with E-state index in [9.17, 15) is 18.0 Å². The van der Waals surface area contributed by atoms with E-state index < -0.39 is 34.0 Å². The molecule has 1 fully saturated rings. The maximum absolute atomic E-state index is 11.9. The Morgan fingerprint density at radius 2 is 1.95 bits per heavy atom. The normalized spacial score (nSPS) is 18.7. The van der Waals surface area contributed by atoms with Crippen molar-refractivity contribution in [2.24, 2.45) is 0 Å². The van der Waals surface area contributed by atoms with E-state index in [0.29, 0.717) is 19.4 Å². The second kappa shape index (κ2) is 12.7. The Kier molecular flexibility index (Phi) is 15.7. The third-order valence-electron chi connectivity index (χ3n) is 2.84. The molecule has 125 valence electrons. The first-order valence-corrected chi connectivity index (χ1v) is 7.65. The molecule has 11 heteroatoms. The number of nitrogens with zero attached hydrogens (tertiary/aromatic N) is 1. The molecule has 8 nitrogen and oxygen atoms in total. The predicted molar refractivity (Wildman–Crippen MR) is 70.9 cm³/mol. The third kappa shape index (κ3) is 8.24. The van der Waals surface area contributed by atoms with E-state index >= 15 is 0 Å². The summed E-state index contributed by atoms with van der Waals surface area (Å²) in [6, 6.07) is -1.90. The van der Waals surface area contributed by atoms with E-state index in [4.69, 9.17) is 9.90 Å². The Balaban J connectivity index is -0.000000864. The monoisotopic (exact) mass is 579 g/mol. The average molecular weight is 579 g/mol. The molecule has 0 bridgehead atoms. The van der Waals surface area contributed by atoms with Gasteiger partial charge in [0.05, 0.1) is 12.3 Å². The number of carboxylic acids is 1. The quantitative estimate of drug-likeness (QED) is 0.316. The fourth-order valence-corrected chi connectivity index (χ4v) is 3.05. The Morgan fingerprint density at radius 3 is 2.32 bits per heavy atom. The van der Waals surface area contributed by atoms with Gasteiger partial charge in [0.25, 0.3) is 0 Å². The summed E-state index contributed by atoms with van der Waals surface area (Å²) in [6.45, 7) is 6.97. The number of hydrogen-bond donors (Lipinski definition) is 2. The minimum absolute atomic E-state index is 0. The van der Waals surface area contributed by atoms with Crippen LogP contribution in [0.15, 0.2) is 0 Å². The van der Waals surface area contributed by atoms with E-state index in [1.54, 1.807) is 0 Å². The van der Waals surface area contributed by atoms with Crippen LogP contribution in [-0.2, 0) is 78.2 Å². The van der Waals surface area contributed by atoms with Crippen LogP contribution in [0.2, 0.25) is 0 Å². The Morgan fingerprint density at radius 1 is 1.45 bits per heavy atom. The summed E-state index contributed by atoms with van der Waals surface area (Å²) in [5, 5.41) is 11.1. The van der Waals surface area contributed by atoms with Crippen LogP contribution < -0.4 is 5.32 Å². The van der Waals surface area contributed by atoms with Crippen molar-refractivity contribution in [3.05, 3.63) is 6.92 Å². The predicted octanol–water partition coefficient (Wildman–Crippen LogP) is -1.08. The summed E-state index contributed by atoms with van der Waals surface area (Å²) >= 11 is 0. The minimum atomic E-state index is -3.45. The summed E-state index contributed by atoms with van der Waals surface area (Å²) in [5.74, 6) is -1.75. The molecule has 1 saturated heterocycles. The van der Waals surface area contributed by atoms with Gasteiger partial charge >= 0.3 is 5.97 Å². The van der Waals surface area contributed by atoms with Gasteiger partial charge < -0.3 is 22.1 Å². The number of amides is 1. The molecule has 1 radical (unpaired) electrons. The second-order valence-corrected chi connectivity index (χ2v) is 6.15. The number of carboxylic acid groups (broad SMARTS) is 1. The first-order chi connectivity index (χ1) is 9.27. The summed E-state index contributed by atoms with van der Waals surface area (Å²) in [6.07, 6.45) is 2.04. The zero-order chi connectivity index (χ0) is 15.9. The largest absolute Gasteiger partial charge is 0.545 e. The van der Waals surface area contributed by atoms with Crippen molar-refractivity contribution in [3.8, 4) is 0 Å². The van der Waals surface area contributed by atoms with Gasteiger partial charge in [-0.1, -0.05) is 0 Å². The fourth-order valence-electron chi connectivity index (χ4n) is 1.92. The van der Waals surface area contributed by atoms with Crippen molar-refractivity contribution in [1.29, 1.82) is 0 Å². The van der Waals surface area contributed by atoms with Gasteiger partial charge in [0.1, 0.15) is 6.04 Å². The van der Waals surface area contributed by atoms with Gasteiger partial charge in [0.15, 0.2) is 0 Å². The zero-order valence-electron chi connectivity index (χ0n) is 12.1. The maximum Gasteiger partial charge on any atom is 0.323 e. The maximum atomic E-state index is 11.9. The first-order valence-electron chi connectivity index (χ1n) is 5.80. The van der Waals surface area contributed by atoms with Crippen LogP contribution in [0.25, 0.3) is 0 Å². The molecular weight excluding hydrogens is 561 g/mol. The zero-order valence-corrected chi connectivity index (χ0v) is 18.7. The molecule has 22 heavy (non-hydrogen) atoms. The van der Waals surface area contributed by atoms with Gasteiger partial charge in [-0.25, -0.2) is 8.42 Å². The van der Waals surface area contributed by atoms with Crippen LogP contribution in [0.1, 0.15) is 19.3 Å². The first kappa shape index (κ1) is 27.2. The summed E-state index contributed by atoms with van der Waals surface area (Å²) < 4.78 is 24.0. The van der Waals surface area contributed by atoms with Gasteiger partial charge in [-0.15, -0.1) is 0 Å². The molecular formula is C11H18N2O6SWY-2. The molecule has 2 N–H and O–H groups in total. The molecule has 2 atom stereocenters. The molecule has 1 unspecified atom stereocenters. The molecule has 1 rings (SSSR count). The van der Waals surface area contributed by atoms with Crippen molar-refractivity contribution >= 4 is 28.7 Å². The SMILES string of the molecule is [CH-]=O.[CH2-]C[C@H](NC(=O)C1CCCN1S(C)(=O)=O)C(=O)O.[W].[Y]. The Labute approximate surface area is 170 Å². The van der Waals surface area contributed by atoms with Crippen LogP contribution in [0.4, 0.5) is 0 Å². The van der Waals surface area contributed by atoms with Gasteiger partial charge in [-0.2, -0.15) is 10.7 Å². The molecule has 0 aromatic carbocycles. The molecule has 1 heterocycles. The van der Waals surface area contributed by atoms with Crippen LogP contribution in [0.5, 0.6) is 0 Å². The van der Waals surface area contributed by atoms with Crippen LogP contribution >= 0.6 is 0 Å². The summed E-state index contributed by atoms with van der Waals surface area (Å²) in [4.78, 5) is 30.4. The van der Waals surface area contributed by atoms with Crippen LogP contribution in [-0.4, -0.2) is 61.4 Å². The van der Waals surface area contributed by atoms with E-state index in [1.807, 2.05) is 0 Å². The van der Waals surface area contributed by atoms with Gasteiger partial charge in [-0.05, 0) is 12.8 Å². The van der Waals surface area contributed by atoms with Gasteiger partial charge in [0, 0.05) is 60.3 Å². The van der Waals surface area contributed by atoms with Crippen molar-refractivity contribution in [3.63, 3.8) is 0 Å². The number of carbonyl (C=O) groups excluding carboxylic acids is 2. The van der Waals surface area contributed by atoms with Crippen LogP contribution in [0, 0.1) is 6.92 Å². The number of rotatable bonds is 5. The van der Waals surface area contributed by atoms with E-state index in [1.165, 1.54) is 0 Å².